The maximum atomic E-state index is 12.2. The highest BCUT2D eigenvalue weighted by Crippen LogP contribution is 2.25. The molecule has 2 aromatic carbocycles. The van der Waals surface area contributed by atoms with Gasteiger partial charge < -0.3 is 9.15 Å². The number of rotatable bonds is 7. The summed E-state index contributed by atoms with van der Waals surface area (Å²) in [5.74, 6) is 1.42. The van der Waals surface area contributed by atoms with E-state index in [0.29, 0.717) is 23.3 Å². The van der Waals surface area contributed by atoms with Crippen molar-refractivity contribution in [2.45, 2.75) is 12.1 Å². The molecule has 0 aliphatic heterocycles. The first-order valence-electron chi connectivity index (χ1n) is 7.64. The number of hydrogen-bond donors (Lipinski definition) is 0. The number of carbonyl (C=O) groups is 1. The highest BCUT2D eigenvalue weighted by Gasteiger charge is 2.12. The zero-order valence-corrected chi connectivity index (χ0v) is 15.8. The minimum Gasteiger partial charge on any atom is -0.494 e. The molecule has 128 valence electrons. The number of ketones is 1. The molecule has 0 atom stereocenters. The van der Waals surface area contributed by atoms with Crippen molar-refractivity contribution < 1.29 is 13.9 Å². The van der Waals surface area contributed by atoms with E-state index in [-0.39, 0.29) is 11.5 Å². The van der Waals surface area contributed by atoms with Gasteiger partial charge in [-0.25, -0.2) is 0 Å². The topological polar surface area (TPSA) is 65.2 Å². The van der Waals surface area contributed by atoms with Crippen molar-refractivity contribution in [3.8, 4) is 17.2 Å². The molecule has 1 aromatic heterocycles. The normalized spacial score (nSPS) is 10.6. The number of ether oxygens (including phenoxy) is 1. The summed E-state index contributed by atoms with van der Waals surface area (Å²) in [6.45, 7) is 2.52. The maximum absolute atomic E-state index is 12.2. The molecule has 3 aromatic rings. The third-order valence-electron chi connectivity index (χ3n) is 3.31. The molecule has 5 nitrogen and oxygen atoms in total. The lowest BCUT2D eigenvalue weighted by atomic mass is 10.1. The van der Waals surface area contributed by atoms with Gasteiger partial charge in [-0.2, -0.15) is 0 Å². The first-order valence-corrected chi connectivity index (χ1v) is 9.42. The fourth-order valence-electron chi connectivity index (χ4n) is 2.09. The summed E-state index contributed by atoms with van der Waals surface area (Å²) in [7, 11) is 0. The van der Waals surface area contributed by atoms with Crippen LogP contribution in [-0.4, -0.2) is 28.3 Å². The van der Waals surface area contributed by atoms with Crippen molar-refractivity contribution in [3.63, 3.8) is 0 Å². The van der Waals surface area contributed by atoms with Gasteiger partial charge >= 0.3 is 0 Å². The fourth-order valence-corrected chi connectivity index (χ4v) is 3.01. The molecular formula is C18H15BrN2O3S. The molecular weight excluding hydrogens is 404 g/mol. The zero-order chi connectivity index (χ0) is 17.6. The Kier molecular flexibility index (Phi) is 5.88. The second-order valence-corrected chi connectivity index (χ2v) is 6.89. The van der Waals surface area contributed by atoms with Crippen molar-refractivity contribution in [2.24, 2.45) is 0 Å². The van der Waals surface area contributed by atoms with Gasteiger partial charge in [-0.15, -0.1) is 10.2 Å². The molecule has 0 aliphatic rings. The van der Waals surface area contributed by atoms with Crippen molar-refractivity contribution in [2.75, 3.05) is 12.4 Å². The summed E-state index contributed by atoms with van der Waals surface area (Å²) >= 11 is 4.61. The first kappa shape index (κ1) is 17.7. The molecule has 0 radical (unpaired) electrons. The summed E-state index contributed by atoms with van der Waals surface area (Å²) < 4.78 is 11.9. The minimum atomic E-state index is -0.00330. The molecule has 0 saturated heterocycles. The molecule has 0 N–H and O–H groups in total. The molecule has 25 heavy (non-hydrogen) atoms. The molecule has 1 heterocycles. The number of benzene rings is 2. The van der Waals surface area contributed by atoms with Crippen LogP contribution in [0.1, 0.15) is 17.3 Å². The Morgan fingerprint density at radius 2 is 1.84 bits per heavy atom. The average Bonchev–Trinajstić information content (AvgIpc) is 3.10. The molecule has 0 aliphatic carbocycles. The lowest BCUT2D eigenvalue weighted by Gasteiger charge is -2.03. The SMILES string of the molecule is CCOc1ccc(C(=O)CSc2nnc(-c3ccc(Br)cc3)o2)cc1. The van der Waals surface area contributed by atoms with Gasteiger partial charge in [0.2, 0.25) is 5.89 Å². The third kappa shape index (κ3) is 4.70. The van der Waals surface area contributed by atoms with Gasteiger partial charge in [0.1, 0.15) is 5.75 Å². The van der Waals surface area contributed by atoms with E-state index in [1.165, 1.54) is 11.8 Å². The van der Waals surface area contributed by atoms with Crippen LogP contribution in [0.15, 0.2) is 62.6 Å². The Morgan fingerprint density at radius 3 is 2.52 bits per heavy atom. The van der Waals surface area contributed by atoms with Gasteiger partial charge in [-0.05, 0) is 55.5 Å². The van der Waals surface area contributed by atoms with Gasteiger partial charge in [0.05, 0.1) is 12.4 Å². The Morgan fingerprint density at radius 1 is 1.12 bits per heavy atom. The van der Waals surface area contributed by atoms with Crippen molar-refractivity contribution in [1.29, 1.82) is 0 Å². The van der Waals surface area contributed by atoms with Crippen LogP contribution in [0.2, 0.25) is 0 Å². The van der Waals surface area contributed by atoms with Crippen LogP contribution >= 0.6 is 27.7 Å². The van der Waals surface area contributed by atoms with E-state index in [0.717, 1.165) is 15.8 Å². The Balaban J connectivity index is 1.60. The molecule has 0 spiro atoms. The van der Waals surface area contributed by atoms with Crippen LogP contribution < -0.4 is 4.74 Å². The minimum absolute atomic E-state index is 0.00330. The number of hydrogen-bond acceptors (Lipinski definition) is 6. The van der Waals surface area contributed by atoms with Crippen LogP contribution in [0.3, 0.4) is 0 Å². The Hall–Kier alpha value is -2.12. The average molecular weight is 419 g/mol. The Labute approximate surface area is 157 Å². The zero-order valence-electron chi connectivity index (χ0n) is 13.4. The second-order valence-electron chi connectivity index (χ2n) is 5.05. The molecule has 0 saturated carbocycles. The molecule has 3 rings (SSSR count). The monoisotopic (exact) mass is 418 g/mol. The lowest BCUT2D eigenvalue weighted by Crippen LogP contribution is -2.02. The van der Waals surface area contributed by atoms with Crippen molar-refractivity contribution in [1.82, 2.24) is 10.2 Å². The van der Waals surface area contributed by atoms with E-state index >= 15 is 0 Å². The van der Waals surface area contributed by atoms with Crippen LogP contribution in [0.5, 0.6) is 5.75 Å². The van der Waals surface area contributed by atoms with E-state index in [9.17, 15) is 4.79 Å². The summed E-state index contributed by atoms with van der Waals surface area (Å²) in [5.41, 5.74) is 1.46. The molecule has 7 heteroatoms. The smallest absolute Gasteiger partial charge is 0.277 e. The van der Waals surface area contributed by atoms with Crippen molar-refractivity contribution in [3.05, 3.63) is 58.6 Å². The number of halogens is 1. The van der Waals surface area contributed by atoms with Crippen LogP contribution in [0, 0.1) is 0 Å². The molecule has 0 bridgehead atoms. The first-order chi connectivity index (χ1) is 12.2. The summed E-state index contributed by atoms with van der Waals surface area (Å²) in [4.78, 5) is 12.2. The molecule has 0 unspecified atom stereocenters. The number of Topliss-reactive ketones (excluding diaryl/α,β-unsaturated/α-hetero) is 1. The Bertz CT molecular complexity index is 848. The standard InChI is InChI=1S/C18H15BrN2O3S/c1-2-23-15-9-5-12(6-10-15)16(22)11-25-18-21-20-17(24-18)13-3-7-14(19)8-4-13/h3-10H,2,11H2,1H3. The van der Waals surface area contributed by atoms with E-state index in [2.05, 4.69) is 26.1 Å². The van der Waals surface area contributed by atoms with Gasteiger partial charge in [0, 0.05) is 15.6 Å². The predicted octanol–water partition coefficient (Wildman–Crippen LogP) is 4.87. The van der Waals surface area contributed by atoms with Crippen molar-refractivity contribution >= 4 is 33.5 Å². The summed E-state index contributed by atoms with van der Waals surface area (Å²) in [6.07, 6.45) is 0. The van der Waals surface area contributed by atoms with E-state index in [4.69, 9.17) is 9.15 Å². The number of nitrogens with zero attached hydrogens (tertiary/aromatic N) is 2. The predicted molar refractivity (Wildman–Crippen MR) is 100 cm³/mol. The van der Waals surface area contributed by atoms with Gasteiger partial charge in [-0.1, -0.05) is 27.7 Å². The largest absolute Gasteiger partial charge is 0.494 e. The highest BCUT2D eigenvalue weighted by molar-refractivity contribution is 9.10. The van der Waals surface area contributed by atoms with Crippen LogP contribution in [0.25, 0.3) is 11.5 Å². The maximum Gasteiger partial charge on any atom is 0.277 e. The second kappa shape index (κ2) is 8.31. The number of aromatic nitrogens is 2. The highest BCUT2D eigenvalue weighted by atomic mass is 79.9. The number of carbonyl (C=O) groups excluding carboxylic acids is 1. The molecule has 0 fully saturated rings. The van der Waals surface area contributed by atoms with Crippen LogP contribution in [-0.2, 0) is 0 Å². The van der Waals surface area contributed by atoms with Gasteiger partial charge in [0.25, 0.3) is 5.22 Å². The summed E-state index contributed by atoms with van der Waals surface area (Å²) in [6, 6.07) is 14.7. The molecule has 0 amide bonds. The van der Waals surface area contributed by atoms with E-state index in [1.54, 1.807) is 24.3 Å². The van der Waals surface area contributed by atoms with Gasteiger partial charge in [-0.3, -0.25) is 4.79 Å². The lowest BCUT2D eigenvalue weighted by molar-refractivity contribution is 0.102. The van der Waals surface area contributed by atoms with Gasteiger partial charge in [0.15, 0.2) is 5.78 Å². The van der Waals surface area contributed by atoms with E-state index in [1.807, 2.05) is 31.2 Å². The quantitative estimate of drug-likeness (QED) is 0.402. The third-order valence-corrected chi connectivity index (χ3v) is 4.66. The summed E-state index contributed by atoms with van der Waals surface area (Å²) in [5, 5.41) is 8.37. The van der Waals surface area contributed by atoms with E-state index < -0.39 is 0 Å². The van der Waals surface area contributed by atoms with Crippen LogP contribution in [0.4, 0.5) is 0 Å². The number of thioether (sulfide) groups is 1. The fraction of sp³-hybridized carbons (Fsp3) is 0.167.